The van der Waals surface area contributed by atoms with Crippen molar-refractivity contribution in [3.63, 3.8) is 0 Å². The lowest BCUT2D eigenvalue weighted by Gasteiger charge is -2.42. The van der Waals surface area contributed by atoms with E-state index < -0.39 is 0 Å². The molecule has 13 heavy (non-hydrogen) atoms. The highest BCUT2D eigenvalue weighted by molar-refractivity contribution is 5.05. The van der Waals surface area contributed by atoms with Crippen molar-refractivity contribution in [3.05, 3.63) is 0 Å². The topological polar surface area (TPSA) is 9.23 Å². The number of rotatable bonds is 1. The number of terminal acetylenes is 1. The van der Waals surface area contributed by atoms with Crippen LogP contribution in [0.2, 0.25) is 0 Å². The van der Waals surface area contributed by atoms with Gasteiger partial charge < -0.3 is 9.22 Å². The molecule has 1 saturated heterocycles. The number of morpholine rings is 1. The van der Waals surface area contributed by atoms with E-state index in [1.165, 1.54) is 0 Å². The Hall–Kier alpha value is -0.520. The predicted octanol–water partition coefficient (Wildman–Crippen LogP) is 1.12. The van der Waals surface area contributed by atoms with Gasteiger partial charge in [-0.2, -0.15) is 0 Å². The second-order valence-electron chi connectivity index (χ2n) is 5.07. The lowest BCUT2D eigenvalue weighted by Crippen LogP contribution is -2.56. The number of nitrogens with zero attached hydrogens (tertiary/aromatic N) is 1. The van der Waals surface area contributed by atoms with Crippen LogP contribution in [0.4, 0.5) is 0 Å². The van der Waals surface area contributed by atoms with Crippen LogP contribution in [0.15, 0.2) is 0 Å². The number of quaternary nitrogens is 1. The lowest BCUT2D eigenvalue weighted by atomic mass is 9.86. The van der Waals surface area contributed by atoms with Crippen LogP contribution in [0.3, 0.4) is 0 Å². The van der Waals surface area contributed by atoms with Crippen LogP contribution in [0.5, 0.6) is 0 Å². The molecule has 1 aliphatic heterocycles. The Morgan fingerprint density at radius 2 is 2.08 bits per heavy atom. The van der Waals surface area contributed by atoms with Gasteiger partial charge in [-0.3, -0.25) is 0 Å². The first-order valence-corrected chi connectivity index (χ1v) is 4.79. The molecule has 0 amide bonds. The molecule has 1 atom stereocenters. The summed E-state index contributed by atoms with van der Waals surface area (Å²) in [6.45, 7) is 7.06. The quantitative estimate of drug-likeness (QED) is 0.436. The molecule has 0 spiro atoms. The summed E-state index contributed by atoms with van der Waals surface area (Å²) in [5, 5.41) is 0. The van der Waals surface area contributed by atoms with Crippen molar-refractivity contribution < 1.29 is 9.22 Å². The lowest BCUT2D eigenvalue weighted by molar-refractivity contribution is -0.902. The molecule has 2 heteroatoms. The zero-order valence-corrected chi connectivity index (χ0v) is 9.13. The van der Waals surface area contributed by atoms with Crippen LogP contribution in [0, 0.1) is 17.8 Å². The van der Waals surface area contributed by atoms with Gasteiger partial charge in [0.05, 0.1) is 26.1 Å². The third kappa shape index (κ3) is 2.46. The summed E-state index contributed by atoms with van der Waals surface area (Å²) in [4.78, 5) is 0. The van der Waals surface area contributed by atoms with Crippen LogP contribution in [-0.4, -0.2) is 44.4 Å². The third-order valence-electron chi connectivity index (χ3n) is 2.85. The smallest absolute Gasteiger partial charge is 0.123 e. The Morgan fingerprint density at radius 1 is 1.46 bits per heavy atom. The number of likely N-dealkylation sites (N-methyl/N-ethyl adjacent to an activating group) is 1. The Labute approximate surface area is 81.5 Å². The Bertz CT molecular complexity index is 225. The normalized spacial score (nSPS) is 28.1. The molecule has 1 rings (SSSR count). The monoisotopic (exact) mass is 182 g/mol. The largest absolute Gasteiger partial charge is 0.365 e. The van der Waals surface area contributed by atoms with E-state index in [0.29, 0.717) is 0 Å². The molecule has 0 aromatic carbocycles. The average Bonchev–Trinajstić information content (AvgIpc) is 2.03. The van der Waals surface area contributed by atoms with E-state index in [0.717, 1.165) is 24.2 Å². The highest BCUT2D eigenvalue weighted by Crippen LogP contribution is 2.26. The molecule has 0 N–H and O–H groups in total. The van der Waals surface area contributed by atoms with Gasteiger partial charge >= 0.3 is 0 Å². The minimum absolute atomic E-state index is 0.143. The summed E-state index contributed by atoms with van der Waals surface area (Å²) < 4.78 is 6.72. The van der Waals surface area contributed by atoms with E-state index in [1.54, 1.807) is 0 Å². The highest BCUT2D eigenvalue weighted by atomic mass is 16.5. The molecule has 0 saturated carbocycles. The summed E-state index contributed by atoms with van der Waals surface area (Å²) >= 11 is 0. The van der Waals surface area contributed by atoms with Crippen LogP contribution in [0.25, 0.3) is 0 Å². The minimum Gasteiger partial charge on any atom is -0.365 e. The Kier molecular flexibility index (Phi) is 2.70. The van der Waals surface area contributed by atoms with E-state index in [9.17, 15) is 0 Å². The van der Waals surface area contributed by atoms with Crippen LogP contribution >= 0.6 is 0 Å². The molecular weight excluding hydrogens is 162 g/mol. The van der Waals surface area contributed by atoms with Gasteiger partial charge in [-0.1, -0.05) is 5.92 Å². The zero-order chi connectivity index (χ0) is 10.1. The fraction of sp³-hybridized carbons (Fsp3) is 0.818. The number of hydrogen-bond acceptors (Lipinski definition) is 1. The molecule has 1 fully saturated rings. The van der Waals surface area contributed by atoms with E-state index in [-0.39, 0.29) is 11.5 Å². The SMILES string of the molecule is C#CC(C)(C)C1C[N+](C)(C)CCO1. The molecule has 0 aromatic rings. The van der Waals surface area contributed by atoms with Crippen molar-refractivity contribution >= 4 is 0 Å². The van der Waals surface area contributed by atoms with Crippen LogP contribution < -0.4 is 0 Å². The summed E-state index contributed by atoms with van der Waals surface area (Å²) in [5.41, 5.74) is -0.143. The van der Waals surface area contributed by atoms with Crippen molar-refractivity contribution in [2.75, 3.05) is 33.8 Å². The molecule has 1 unspecified atom stereocenters. The Morgan fingerprint density at radius 3 is 2.54 bits per heavy atom. The van der Waals surface area contributed by atoms with Crippen molar-refractivity contribution in [1.82, 2.24) is 0 Å². The Balaban J connectivity index is 2.68. The first-order valence-electron chi connectivity index (χ1n) is 4.79. The molecule has 0 aliphatic carbocycles. The molecular formula is C11H20NO+. The average molecular weight is 182 g/mol. The van der Waals surface area contributed by atoms with E-state index in [2.05, 4.69) is 33.9 Å². The van der Waals surface area contributed by atoms with E-state index in [4.69, 9.17) is 11.2 Å². The molecule has 1 aliphatic rings. The molecule has 0 radical (unpaired) electrons. The van der Waals surface area contributed by atoms with Gasteiger partial charge in [-0.05, 0) is 13.8 Å². The summed E-state index contributed by atoms with van der Waals surface area (Å²) in [7, 11) is 4.45. The van der Waals surface area contributed by atoms with Gasteiger partial charge in [0.15, 0.2) is 0 Å². The van der Waals surface area contributed by atoms with Gasteiger partial charge in [0.1, 0.15) is 19.2 Å². The first kappa shape index (κ1) is 10.6. The van der Waals surface area contributed by atoms with Crippen molar-refractivity contribution in [2.24, 2.45) is 5.41 Å². The zero-order valence-electron chi connectivity index (χ0n) is 9.13. The molecule has 1 heterocycles. The molecule has 0 aromatic heterocycles. The van der Waals surface area contributed by atoms with E-state index >= 15 is 0 Å². The van der Waals surface area contributed by atoms with Gasteiger partial charge in [-0.15, -0.1) is 6.42 Å². The molecule has 2 nitrogen and oxygen atoms in total. The standard InChI is InChI=1S/C11H20NO/c1-6-11(2,3)10-9-12(4,5)7-8-13-10/h1,10H,7-9H2,2-5H3/q+1. The maximum absolute atomic E-state index is 5.71. The number of ether oxygens (including phenoxy) is 1. The van der Waals surface area contributed by atoms with Crippen LogP contribution in [0.1, 0.15) is 13.8 Å². The summed E-state index contributed by atoms with van der Waals surface area (Å²) in [6, 6.07) is 0. The first-order chi connectivity index (χ1) is 5.87. The minimum atomic E-state index is -0.143. The summed E-state index contributed by atoms with van der Waals surface area (Å²) in [5.74, 6) is 2.81. The number of hydrogen-bond donors (Lipinski definition) is 0. The van der Waals surface area contributed by atoms with Crippen molar-refractivity contribution in [1.29, 1.82) is 0 Å². The maximum Gasteiger partial charge on any atom is 0.123 e. The van der Waals surface area contributed by atoms with Crippen molar-refractivity contribution in [3.8, 4) is 12.3 Å². The van der Waals surface area contributed by atoms with Crippen LogP contribution in [-0.2, 0) is 4.74 Å². The highest BCUT2D eigenvalue weighted by Gasteiger charge is 2.37. The fourth-order valence-corrected chi connectivity index (χ4v) is 1.56. The van der Waals surface area contributed by atoms with Gasteiger partial charge in [-0.25, -0.2) is 0 Å². The maximum atomic E-state index is 5.71. The van der Waals surface area contributed by atoms with E-state index in [1.807, 2.05) is 0 Å². The van der Waals surface area contributed by atoms with Gasteiger partial charge in [0, 0.05) is 0 Å². The van der Waals surface area contributed by atoms with Gasteiger partial charge in [0.2, 0.25) is 0 Å². The fourth-order valence-electron chi connectivity index (χ4n) is 1.56. The van der Waals surface area contributed by atoms with Gasteiger partial charge in [0.25, 0.3) is 0 Å². The second-order valence-corrected chi connectivity index (χ2v) is 5.07. The summed E-state index contributed by atoms with van der Waals surface area (Å²) in [6.07, 6.45) is 5.68. The molecule has 0 bridgehead atoms. The predicted molar refractivity (Wildman–Crippen MR) is 54.2 cm³/mol. The molecule has 74 valence electrons. The second kappa shape index (κ2) is 3.32. The third-order valence-corrected chi connectivity index (χ3v) is 2.85. The van der Waals surface area contributed by atoms with Crippen molar-refractivity contribution in [2.45, 2.75) is 20.0 Å².